The average molecular weight is 339 g/mol. The zero-order valence-corrected chi connectivity index (χ0v) is 13.6. The third kappa shape index (κ3) is 3.19. The Kier molecular flexibility index (Phi) is 4.34. The molecule has 2 N–H and O–H groups in total. The third-order valence-electron chi connectivity index (χ3n) is 3.46. The number of rotatable bonds is 2. The van der Waals surface area contributed by atoms with Gasteiger partial charge in [0.1, 0.15) is 0 Å². The van der Waals surface area contributed by atoms with Crippen LogP contribution in [-0.4, -0.2) is 0 Å². The van der Waals surface area contributed by atoms with E-state index in [9.17, 15) is 0 Å². The van der Waals surface area contributed by atoms with Crippen molar-refractivity contribution in [1.29, 1.82) is 0 Å². The maximum Gasteiger partial charge on any atom is 0.0555 e. The second kappa shape index (κ2) is 5.66. The fraction of sp³-hybridized carbons (Fsp3) is 0.250. The first kappa shape index (κ1) is 14.6. The number of nitrogens with two attached hydrogens (primary N) is 1. The zero-order valence-electron chi connectivity index (χ0n) is 11.3. The van der Waals surface area contributed by atoms with Crippen LogP contribution in [0.25, 0.3) is 0 Å². The first-order valence-corrected chi connectivity index (χ1v) is 7.35. The molecule has 1 nitrogen and oxygen atoms in total. The van der Waals surface area contributed by atoms with Crippen LogP contribution >= 0.6 is 27.5 Å². The van der Waals surface area contributed by atoms with Crippen LogP contribution in [0.1, 0.15) is 33.9 Å². The molecule has 0 spiro atoms. The molecule has 1 unspecified atom stereocenters. The lowest BCUT2D eigenvalue weighted by molar-refractivity contribution is 0.857. The van der Waals surface area contributed by atoms with Gasteiger partial charge in [0, 0.05) is 9.50 Å². The molecule has 0 saturated carbocycles. The van der Waals surface area contributed by atoms with Crippen LogP contribution in [0.15, 0.2) is 34.8 Å². The Labute approximate surface area is 127 Å². The summed E-state index contributed by atoms with van der Waals surface area (Å²) in [4.78, 5) is 0. The van der Waals surface area contributed by atoms with E-state index in [-0.39, 0.29) is 6.04 Å². The minimum Gasteiger partial charge on any atom is -0.320 e. The van der Waals surface area contributed by atoms with Crippen LogP contribution in [-0.2, 0) is 0 Å². The number of hydrogen-bond donors (Lipinski definition) is 1. The van der Waals surface area contributed by atoms with Crippen LogP contribution in [0.4, 0.5) is 0 Å². The lowest BCUT2D eigenvalue weighted by atomic mass is 9.92. The van der Waals surface area contributed by atoms with Crippen molar-refractivity contribution < 1.29 is 0 Å². The Bertz CT molecular complexity index is 602. The standard InChI is InChI=1S/C16H17BrClN/c1-9-4-11(3)15(5-10(9)2)16(19)12-6-13(17)8-14(18)7-12/h4-8,16H,19H2,1-3H3. The molecule has 0 heterocycles. The van der Waals surface area contributed by atoms with E-state index in [1.165, 1.54) is 16.7 Å². The maximum atomic E-state index is 6.39. The second-order valence-corrected chi connectivity index (χ2v) is 6.33. The Hall–Kier alpha value is -0.830. The Balaban J connectivity index is 2.49. The third-order valence-corrected chi connectivity index (χ3v) is 4.14. The average Bonchev–Trinajstić information content (AvgIpc) is 2.31. The summed E-state index contributed by atoms with van der Waals surface area (Å²) in [5, 5.41) is 0.696. The van der Waals surface area contributed by atoms with Crippen molar-refractivity contribution in [2.75, 3.05) is 0 Å². The van der Waals surface area contributed by atoms with E-state index >= 15 is 0 Å². The predicted molar refractivity (Wildman–Crippen MR) is 85.8 cm³/mol. The number of hydrogen-bond acceptors (Lipinski definition) is 1. The van der Waals surface area contributed by atoms with Crippen molar-refractivity contribution in [2.45, 2.75) is 26.8 Å². The van der Waals surface area contributed by atoms with Gasteiger partial charge in [0.2, 0.25) is 0 Å². The topological polar surface area (TPSA) is 26.0 Å². The van der Waals surface area contributed by atoms with E-state index in [1.54, 1.807) is 0 Å². The van der Waals surface area contributed by atoms with Crippen molar-refractivity contribution in [1.82, 2.24) is 0 Å². The van der Waals surface area contributed by atoms with Crippen molar-refractivity contribution in [3.05, 3.63) is 67.6 Å². The molecule has 2 aromatic carbocycles. The lowest BCUT2D eigenvalue weighted by Crippen LogP contribution is -2.14. The van der Waals surface area contributed by atoms with Gasteiger partial charge in [-0.15, -0.1) is 0 Å². The molecule has 2 rings (SSSR count). The molecular weight excluding hydrogens is 322 g/mol. The molecule has 2 aromatic rings. The summed E-state index contributed by atoms with van der Waals surface area (Å²) in [5.74, 6) is 0. The Morgan fingerprint density at radius 2 is 1.58 bits per heavy atom. The van der Waals surface area contributed by atoms with Crippen molar-refractivity contribution in [2.24, 2.45) is 5.73 Å². The largest absolute Gasteiger partial charge is 0.320 e. The summed E-state index contributed by atoms with van der Waals surface area (Å²) in [7, 11) is 0. The molecule has 19 heavy (non-hydrogen) atoms. The SMILES string of the molecule is Cc1cc(C)c(C(N)c2cc(Cl)cc(Br)c2)cc1C. The molecule has 0 fully saturated rings. The van der Waals surface area contributed by atoms with Gasteiger partial charge in [-0.05, 0) is 66.8 Å². The number of halogens is 2. The summed E-state index contributed by atoms with van der Waals surface area (Å²) < 4.78 is 0.951. The van der Waals surface area contributed by atoms with Gasteiger partial charge >= 0.3 is 0 Å². The minimum atomic E-state index is -0.158. The monoisotopic (exact) mass is 337 g/mol. The second-order valence-electron chi connectivity index (χ2n) is 4.97. The van der Waals surface area contributed by atoms with Gasteiger partial charge < -0.3 is 5.73 Å². The van der Waals surface area contributed by atoms with Crippen molar-refractivity contribution in [3.63, 3.8) is 0 Å². The highest BCUT2D eigenvalue weighted by molar-refractivity contribution is 9.10. The predicted octanol–water partition coefficient (Wildman–Crippen LogP) is 5.08. The molecule has 0 aliphatic heterocycles. The summed E-state index contributed by atoms with van der Waals surface area (Å²) >= 11 is 9.55. The van der Waals surface area contributed by atoms with Crippen LogP contribution in [0.3, 0.4) is 0 Å². The highest BCUT2D eigenvalue weighted by Crippen LogP contribution is 2.29. The summed E-state index contributed by atoms with van der Waals surface area (Å²) in [6, 6.07) is 10.0. The molecule has 0 amide bonds. The first-order valence-electron chi connectivity index (χ1n) is 6.18. The Morgan fingerprint density at radius 3 is 2.21 bits per heavy atom. The Morgan fingerprint density at radius 1 is 0.947 bits per heavy atom. The maximum absolute atomic E-state index is 6.39. The van der Waals surface area contributed by atoms with E-state index < -0.39 is 0 Å². The highest BCUT2D eigenvalue weighted by Gasteiger charge is 2.14. The van der Waals surface area contributed by atoms with Crippen LogP contribution < -0.4 is 5.73 Å². The van der Waals surface area contributed by atoms with E-state index in [0.29, 0.717) is 5.02 Å². The number of benzene rings is 2. The number of aryl methyl sites for hydroxylation is 3. The van der Waals surface area contributed by atoms with E-state index in [1.807, 2.05) is 18.2 Å². The first-order chi connectivity index (χ1) is 8.88. The molecule has 0 aliphatic carbocycles. The smallest absolute Gasteiger partial charge is 0.0555 e. The van der Waals surface area contributed by atoms with Crippen LogP contribution in [0, 0.1) is 20.8 Å². The van der Waals surface area contributed by atoms with Gasteiger partial charge in [-0.1, -0.05) is 39.7 Å². The fourth-order valence-electron chi connectivity index (χ4n) is 2.25. The summed E-state index contributed by atoms with van der Waals surface area (Å²) in [5.41, 5.74) is 12.3. The molecule has 0 aromatic heterocycles. The molecular formula is C16H17BrClN. The zero-order chi connectivity index (χ0) is 14.2. The van der Waals surface area contributed by atoms with Gasteiger partial charge in [0.25, 0.3) is 0 Å². The fourth-order valence-corrected chi connectivity index (χ4v) is 3.14. The molecule has 0 bridgehead atoms. The van der Waals surface area contributed by atoms with E-state index in [4.69, 9.17) is 17.3 Å². The van der Waals surface area contributed by atoms with Crippen LogP contribution in [0.5, 0.6) is 0 Å². The van der Waals surface area contributed by atoms with Gasteiger partial charge in [0.15, 0.2) is 0 Å². The minimum absolute atomic E-state index is 0.158. The molecule has 0 saturated heterocycles. The van der Waals surface area contributed by atoms with E-state index in [2.05, 4.69) is 48.8 Å². The van der Waals surface area contributed by atoms with Crippen molar-refractivity contribution >= 4 is 27.5 Å². The lowest BCUT2D eigenvalue weighted by Gasteiger charge is -2.18. The summed E-state index contributed by atoms with van der Waals surface area (Å²) in [6.45, 7) is 6.33. The van der Waals surface area contributed by atoms with Crippen LogP contribution in [0.2, 0.25) is 5.02 Å². The summed E-state index contributed by atoms with van der Waals surface area (Å²) in [6.07, 6.45) is 0. The van der Waals surface area contributed by atoms with E-state index in [0.717, 1.165) is 15.6 Å². The molecule has 3 heteroatoms. The van der Waals surface area contributed by atoms with Crippen molar-refractivity contribution in [3.8, 4) is 0 Å². The molecule has 100 valence electrons. The molecule has 0 radical (unpaired) electrons. The molecule has 1 atom stereocenters. The normalized spacial score (nSPS) is 12.5. The molecule has 0 aliphatic rings. The highest BCUT2D eigenvalue weighted by atomic mass is 79.9. The van der Waals surface area contributed by atoms with Gasteiger partial charge in [-0.2, -0.15) is 0 Å². The quantitative estimate of drug-likeness (QED) is 0.812. The van der Waals surface area contributed by atoms with Gasteiger partial charge in [0.05, 0.1) is 6.04 Å². The van der Waals surface area contributed by atoms with Gasteiger partial charge in [-0.3, -0.25) is 0 Å². The van der Waals surface area contributed by atoms with Gasteiger partial charge in [-0.25, -0.2) is 0 Å².